The lowest BCUT2D eigenvalue weighted by molar-refractivity contribution is 0.393. The number of hydrogen-bond donors (Lipinski definition) is 1. The molecule has 0 saturated heterocycles. The Kier molecular flexibility index (Phi) is 11.1. The first kappa shape index (κ1) is 21.0. The summed E-state index contributed by atoms with van der Waals surface area (Å²) in [6.45, 7) is 6.21. The van der Waals surface area contributed by atoms with Gasteiger partial charge in [-0.25, -0.2) is 0 Å². The first-order valence-electron chi connectivity index (χ1n) is 7.69. The van der Waals surface area contributed by atoms with Gasteiger partial charge < -0.3 is 15.0 Å². The van der Waals surface area contributed by atoms with E-state index in [0.717, 1.165) is 30.4 Å². The topological polar surface area (TPSA) is 36.9 Å². The quantitative estimate of drug-likeness (QED) is 0.416. The van der Waals surface area contributed by atoms with E-state index in [0.29, 0.717) is 5.92 Å². The van der Waals surface area contributed by atoms with Gasteiger partial charge in [-0.15, -0.1) is 24.0 Å². The van der Waals surface area contributed by atoms with Crippen molar-refractivity contribution in [3.05, 3.63) is 29.8 Å². The van der Waals surface area contributed by atoms with Crippen LogP contribution in [-0.2, 0) is 6.54 Å². The maximum Gasteiger partial charge on any atom is 0.193 e. The summed E-state index contributed by atoms with van der Waals surface area (Å²) < 4.78 is 5.41. The molecule has 0 radical (unpaired) electrons. The molecule has 0 heterocycles. The van der Waals surface area contributed by atoms with Gasteiger partial charge in [-0.1, -0.05) is 44.9 Å². The van der Waals surface area contributed by atoms with E-state index >= 15 is 0 Å². The van der Waals surface area contributed by atoms with Crippen molar-refractivity contribution in [3.63, 3.8) is 0 Å². The molecule has 1 aromatic rings. The van der Waals surface area contributed by atoms with Crippen LogP contribution in [-0.4, -0.2) is 38.6 Å². The minimum atomic E-state index is 0. The van der Waals surface area contributed by atoms with Crippen molar-refractivity contribution in [2.45, 2.75) is 33.2 Å². The number of benzene rings is 1. The van der Waals surface area contributed by atoms with E-state index in [9.17, 15) is 0 Å². The second-order valence-corrected chi connectivity index (χ2v) is 5.28. The molecule has 0 aromatic heterocycles. The van der Waals surface area contributed by atoms with Gasteiger partial charge in [0.15, 0.2) is 5.96 Å². The Morgan fingerprint density at radius 2 is 1.91 bits per heavy atom. The number of nitrogens with one attached hydrogen (secondary N) is 1. The third-order valence-electron chi connectivity index (χ3n) is 3.88. The van der Waals surface area contributed by atoms with Gasteiger partial charge in [-0.2, -0.15) is 0 Å². The fourth-order valence-electron chi connectivity index (χ4n) is 2.36. The molecule has 0 saturated carbocycles. The molecule has 5 heteroatoms. The Labute approximate surface area is 152 Å². The predicted molar refractivity (Wildman–Crippen MR) is 105 cm³/mol. The van der Waals surface area contributed by atoms with Crippen LogP contribution in [0, 0.1) is 5.92 Å². The number of nitrogens with zero attached hydrogens (tertiary/aromatic N) is 2. The summed E-state index contributed by atoms with van der Waals surface area (Å²) in [7, 11) is 5.58. The highest BCUT2D eigenvalue weighted by atomic mass is 127. The van der Waals surface area contributed by atoms with Gasteiger partial charge in [0, 0.05) is 32.7 Å². The number of para-hydroxylation sites is 1. The van der Waals surface area contributed by atoms with Crippen molar-refractivity contribution in [2.75, 3.05) is 27.7 Å². The average molecular weight is 419 g/mol. The Hall–Kier alpha value is -0.980. The largest absolute Gasteiger partial charge is 0.496 e. The Bertz CT molecular complexity index is 447. The summed E-state index contributed by atoms with van der Waals surface area (Å²) in [4.78, 5) is 6.50. The number of halogens is 1. The number of ether oxygens (including phenoxy) is 1. The minimum Gasteiger partial charge on any atom is -0.496 e. The fraction of sp³-hybridized carbons (Fsp3) is 0.588. The maximum absolute atomic E-state index is 5.41. The lowest BCUT2D eigenvalue weighted by atomic mass is 10.0. The summed E-state index contributed by atoms with van der Waals surface area (Å²) in [5.41, 5.74) is 1.16. The van der Waals surface area contributed by atoms with Gasteiger partial charge in [-0.05, 0) is 12.0 Å². The molecule has 1 aromatic carbocycles. The molecule has 0 spiro atoms. The van der Waals surface area contributed by atoms with E-state index in [2.05, 4.69) is 42.2 Å². The molecule has 0 bridgehead atoms. The van der Waals surface area contributed by atoms with E-state index in [4.69, 9.17) is 4.74 Å². The summed E-state index contributed by atoms with van der Waals surface area (Å²) in [5.74, 6) is 2.54. The molecule has 0 fully saturated rings. The molecule has 22 heavy (non-hydrogen) atoms. The van der Waals surface area contributed by atoms with Crippen molar-refractivity contribution < 1.29 is 4.74 Å². The van der Waals surface area contributed by atoms with Crippen LogP contribution in [0.15, 0.2) is 29.3 Å². The van der Waals surface area contributed by atoms with Crippen molar-refractivity contribution in [1.82, 2.24) is 10.2 Å². The van der Waals surface area contributed by atoms with Crippen LogP contribution < -0.4 is 10.1 Å². The second-order valence-electron chi connectivity index (χ2n) is 5.28. The van der Waals surface area contributed by atoms with Crippen LogP contribution in [0.1, 0.15) is 32.3 Å². The van der Waals surface area contributed by atoms with Crippen molar-refractivity contribution >= 4 is 29.9 Å². The molecule has 0 aliphatic heterocycles. The van der Waals surface area contributed by atoms with Crippen molar-refractivity contribution in [3.8, 4) is 5.75 Å². The van der Waals surface area contributed by atoms with E-state index in [1.807, 2.05) is 25.2 Å². The molecule has 1 N–H and O–H groups in total. The Balaban J connectivity index is 0.00000441. The lowest BCUT2D eigenvalue weighted by Crippen LogP contribution is -2.40. The third-order valence-corrected chi connectivity index (χ3v) is 3.88. The highest BCUT2D eigenvalue weighted by Gasteiger charge is 2.11. The molecular weight excluding hydrogens is 389 g/mol. The van der Waals surface area contributed by atoms with E-state index in [1.165, 1.54) is 12.8 Å². The monoisotopic (exact) mass is 419 g/mol. The van der Waals surface area contributed by atoms with Crippen LogP contribution in [0.4, 0.5) is 0 Å². The van der Waals surface area contributed by atoms with Crippen LogP contribution in [0.2, 0.25) is 0 Å². The SMILES string of the molecule is CCC(CC)CNC(=NC)N(C)Cc1ccccc1OC.I. The lowest BCUT2D eigenvalue weighted by Gasteiger charge is -2.24. The number of hydrogen-bond acceptors (Lipinski definition) is 2. The molecule has 0 unspecified atom stereocenters. The van der Waals surface area contributed by atoms with E-state index < -0.39 is 0 Å². The van der Waals surface area contributed by atoms with Crippen molar-refractivity contribution in [2.24, 2.45) is 10.9 Å². The smallest absolute Gasteiger partial charge is 0.193 e. The molecule has 0 aliphatic carbocycles. The summed E-state index contributed by atoms with van der Waals surface area (Å²) in [6.07, 6.45) is 2.38. The molecule has 0 amide bonds. The number of aliphatic imine (C=N–C) groups is 1. The molecular formula is C17H30IN3O. The van der Waals surface area contributed by atoms with Crippen molar-refractivity contribution in [1.29, 1.82) is 0 Å². The highest BCUT2D eigenvalue weighted by Crippen LogP contribution is 2.18. The van der Waals surface area contributed by atoms with Crippen LogP contribution in [0.3, 0.4) is 0 Å². The maximum atomic E-state index is 5.41. The minimum absolute atomic E-state index is 0. The van der Waals surface area contributed by atoms with Gasteiger partial charge in [-0.3, -0.25) is 4.99 Å². The van der Waals surface area contributed by atoms with Crippen LogP contribution in [0.5, 0.6) is 5.75 Å². The predicted octanol–water partition coefficient (Wildman–Crippen LogP) is 3.76. The Morgan fingerprint density at radius 1 is 1.27 bits per heavy atom. The van der Waals surface area contributed by atoms with Gasteiger partial charge in [0.2, 0.25) is 0 Å². The molecule has 0 aliphatic rings. The Morgan fingerprint density at radius 3 is 2.45 bits per heavy atom. The summed E-state index contributed by atoms with van der Waals surface area (Å²) in [5, 5.41) is 3.46. The third kappa shape index (κ3) is 6.42. The molecule has 126 valence electrons. The normalized spacial score (nSPS) is 11.1. The van der Waals surface area contributed by atoms with E-state index in [1.54, 1.807) is 7.11 Å². The zero-order valence-corrected chi connectivity index (χ0v) is 16.8. The zero-order chi connectivity index (χ0) is 15.7. The molecule has 1 rings (SSSR count). The average Bonchev–Trinajstić information content (AvgIpc) is 2.52. The van der Waals surface area contributed by atoms with Crippen LogP contribution >= 0.6 is 24.0 Å². The van der Waals surface area contributed by atoms with Gasteiger partial charge >= 0.3 is 0 Å². The fourth-order valence-corrected chi connectivity index (χ4v) is 2.36. The van der Waals surface area contributed by atoms with Gasteiger partial charge in [0.05, 0.1) is 7.11 Å². The standard InChI is InChI=1S/C17H29N3O.HI/c1-6-14(7-2)12-19-17(18-3)20(4)13-15-10-8-9-11-16(15)21-5;/h8-11,14H,6-7,12-13H2,1-5H3,(H,18,19);1H. The summed E-state index contributed by atoms with van der Waals surface area (Å²) in [6, 6.07) is 8.10. The molecule has 4 nitrogen and oxygen atoms in total. The second kappa shape index (κ2) is 11.6. The number of methoxy groups -OCH3 is 1. The summed E-state index contributed by atoms with van der Waals surface area (Å²) >= 11 is 0. The first-order chi connectivity index (χ1) is 10.2. The van der Waals surface area contributed by atoms with Gasteiger partial charge in [0.25, 0.3) is 0 Å². The zero-order valence-electron chi connectivity index (χ0n) is 14.4. The number of guanidine groups is 1. The van der Waals surface area contributed by atoms with Crippen LogP contribution in [0.25, 0.3) is 0 Å². The number of rotatable bonds is 7. The molecule has 0 atom stereocenters. The first-order valence-corrected chi connectivity index (χ1v) is 7.69. The van der Waals surface area contributed by atoms with Gasteiger partial charge in [0.1, 0.15) is 5.75 Å². The van der Waals surface area contributed by atoms with E-state index in [-0.39, 0.29) is 24.0 Å². The highest BCUT2D eigenvalue weighted by molar-refractivity contribution is 14.0.